The summed E-state index contributed by atoms with van der Waals surface area (Å²) in [5.74, 6) is 0.372. The van der Waals surface area contributed by atoms with Crippen LogP contribution in [-0.2, 0) is 24.8 Å². The van der Waals surface area contributed by atoms with Crippen LogP contribution in [0.15, 0.2) is 0 Å². The van der Waals surface area contributed by atoms with Crippen molar-refractivity contribution in [3.63, 3.8) is 0 Å². The van der Waals surface area contributed by atoms with Crippen LogP contribution in [-0.4, -0.2) is 27.7 Å². The first-order valence-corrected chi connectivity index (χ1v) is 7.44. The lowest BCUT2D eigenvalue weighted by molar-refractivity contribution is 0.0223. The molecule has 2 N–H and O–H groups in total. The van der Waals surface area contributed by atoms with Gasteiger partial charge in [-0.25, -0.2) is 4.79 Å². The summed E-state index contributed by atoms with van der Waals surface area (Å²) in [6, 6.07) is 2.15. The van der Waals surface area contributed by atoms with Gasteiger partial charge in [-0.3, -0.25) is 0 Å². The molecule has 1 aliphatic heterocycles. The molecule has 1 amide bonds. The molecule has 22 heavy (non-hydrogen) atoms. The van der Waals surface area contributed by atoms with Gasteiger partial charge >= 0.3 is 6.09 Å². The monoisotopic (exact) mass is 320 g/mol. The Kier molecular flexibility index (Phi) is 4.16. The Morgan fingerprint density at radius 2 is 2.05 bits per heavy atom. The molecule has 0 saturated heterocycles. The van der Waals surface area contributed by atoms with E-state index in [1.54, 1.807) is 16.5 Å². The molecule has 0 spiro atoms. The maximum absolute atomic E-state index is 12.2. The van der Waals surface area contributed by atoms with E-state index in [4.69, 9.17) is 22.7 Å². The molecule has 2 rings (SSSR count). The van der Waals surface area contributed by atoms with E-state index < -0.39 is 5.60 Å². The second-order valence-electron chi connectivity index (χ2n) is 6.35. The van der Waals surface area contributed by atoms with Gasteiger partial charge in [-0.05, 0) is 32.8 Å². The molecule has 0 fully saturated rings. The second kappa shape index (κ2) is 5.61. The van der Waals surface area contributed by atoms with E-state index in [1.807, 2.05) is 20.8 Å². The molecule has 1 aliphatic rings. The largest absolute Gasteiger partial charge is 0.444 e. The molecule has 1 aromatic heterocycles. The highest BCUT2D eigenvalue weighted by atomic mass is 32.1. The zero-order valence-electron chi connectivity index (χ0n) is 13.3. The van der Waals surface area contributed by atoms with Crippen molar-refractivity contribution in [1.82, 2.24) is 9.47 Å². The number of carbonyl (C=O) groups is 1. The molecule has 6 nitrogen and oxygen atoms in total. The number of aromatic nitrogens is 1. The smallest absolute Gasteiger partial charge is 0.410 e. The van der Waals surface area contributed by atoms with Crippen molar-refractivity contribution in [3.05, 3.63) is 21.3 Å². The lowest BCUT2D eigenvalue weighted by atomic mass is 9.97. The molecule has 0 aromatic carbocycles. The predicted molar refractivity (Wildman–Crippen MR) is 85.7 cm³/mol. The first-order chi connectivity index (χ1) is 10.2. The molecule has 0 radical (unpaired) electrons. The van der Waals surface area contributed by atoms with E-state index in [1.165, 1.54) is 0 Å². The maximum atomic E-state index is 12.2. The van der Waals surface area contributed by atoms with E-state index in [2.05, 4.69) is 6.07 Å². The molecule has 0 saturated carbocycles. The van der Waals surface area contributed by atoms with Crippen LogP contribution in [0.25, 0.3) is 0 Å². The van der Waals surface area contributed by atoms with Crippen LogP contribution in [0.2, 0.25) is 0 Å². The van der Waals surface area contributed by atoms with Gasteiger partial charge in [0.1, 0.15) is 22.1 Å². The number of nitriles is 1. The van der Waals surface area contributed by atoms with Gasteiger partial charge in [-0.2, -0.15) is 5.26 Å². The first-order valence-electron chi connectivity index (χ1n) is 7.04. The molecule has 0 atom stereocenters. The molecular formula is C15H20N4O2S. The van der Waals surface area contributed by atoms with Crippen LogP contribution < -0.4 is 5.73 Å². The number of hydrogen-bond acceptors (Lipinski definition) is 5. The fourth-order valence-electron chi connectivity index (χ4n) is 2.48. The average Bonchev–Trinajstić information content (AvgIpc) is 2.43. The van der Waals surface area contributed by atoms with Gasteiger partial charge in [-0.1, -0.05) is 12.2 Å². The SMILES string of the molecule is Cn1c(N)c(C#N)c2c(c1=S)CN(C(=O)OC(C)(C)C)CC2. The highest BCUT2D eigenvalue weighted by molar-refractivity contribution is 7.71. The van der Waals surface area contributed by atoms with Gasteiger partial charge in [0.15, 0.2) is 0 Å². The van der Waals surface area contributed by atoms with Crippen LogP contribution in [0.3, 0.4) is 0 Å². The van der Waals surface area contributed by atoms with Gasteiger partial charge < -0.3 is 19.9 Å². The van der Waals surface area contributed by atoms with Gasteiger partial charge in [0.25, 0.3) is 0 Å². The second-order valence-corrected chi connectivity index (χ2v) is 6.73. The Labute approximate surface area is 135 Å². The Balaban J connectivity index is 2.40. The zero-order valence-corrected chi connectivity index (χ0v) is 14.1. The number of carbonyl (C=O) groups excluding carboxylic acids is 1. The summed E-state index contributed by atoms with van der Waals surface area (Å²) in [5.41, 5.74) is 7.53. The summed E-state index contributed by atoms with van der Waals surface area (Å²) >= 11 is 5.42. The number of nitrogen functional groups attached to an aromatic ring is 1. The third-order valence-electron chi connectivity index (χ3n) is 3.59. The van der Waals surface area contributed by atoms with Crippen molar-refractivity contribution in [3.8, 4) is 6.07 Å². The molecule has 1 aromatic rings. The molecule has 0 aliphatic carbocycles. The van der Waals surface area contributed by atoms with E-state index in [9.17, 15) is 10.1 Å². The lowest BCUT2D eigenvalue weighted by Crippen LogP contribution is -2.40. The van der Waals surface area contributed by atoms with Crippen LogP contribution in [0, 0.1) is 16.0 Å². The summed E-state index contributed by atoms with van der Waals surface area (Å²) in [6.07, 6.45) is 0.178. The molecule has 0 bridgehead atoms. The first kappa shape index (κ1) is 16.3. The van der Waals surface area contributed by atoms with Crippen LogP contribution in [0.4, 0.5) is 10.6 Å². The van der Waals surface area contributed by atoms with E-state index in [0.29, 0.717) is 35.5 Å². The number of pyridine rings is 1. The Hall–Kier alpha value is -2.07. The van der Waals surface area contributed by atoms with Crippen molar-refractivity contribution in [2.75, 3.05) is 12.3 Å². The number of amides is 1. The molecule has 2 heterocycles. The number of rotatable bonds is 0. The average molecular weight is 320 g/mol. The van der Waals surface area contributed by atoms with Crippen LogP contribution in [0.5, 0.6) is 0 Å². The topological polar surface area (TPSA) is 84.3 Å². The number of nitrogens with zero attached hydrogens (tertiary/aromatic N) is 3. The molecule has 0 unspecified atom stereocenters. The zero-order chi connectivity index (χ0) is 16.7. The standard InChI is InChI=1S/C15H20N4O2S/c1-15(2,3)21-14(20)19-6-5-9-10(7-16)12(17)18(4)13(22)11(9)8-19/h5-6,8,17H2,1-4H3. The fourth-order valence-corrected chi connectivity index (χ4v) is 2.76. The Morgan fingerprint density at radius 1 is 1.41 bits per heavy atom. The Morgan fingerprint density at radius 3 is 2.59 bits per heavy atom. The minimum Gasteiger partial charge on any atom is -0.444 e. The van der Waals surface area contributed by atoms with E-state index >= 15 is 0 Å². The van der Waals surface area contributed by atoms with Gasteiger partial charge in [0.2, 0.25) is 0 Å². The number of ether oxygens (including phenoxy) is 1. The summed E-state index contributed by atoms with van der Waals surface area (Å²) in [7, 11) is 1.73. The number of anilines is 1. The highest BCUT2D eigenvalue weighted by Gasteiger charge is 2.29. The third kappa shape index (κ3) is 2.92. The normalized spacial score (nSPS) is 14.2. The minimum atomic E-state index is -0.544. The van der Waals surface area contributed by atoms with Gasteiger partial charge in [0, 0.05) is 19.2 Å². The highest BCUT2D eigenvalue weighted by Crippen LogP contribution is 2.28. The molecular weight excluding hydrogens is 300 g/mol. The minimum absolute atomic E-state index is 0.339. The predicted octanol–water partition coefficient (Wildman–Crippen LogP) is 2.50. The van der Waals surface area contributed by atoms with E-state index in [-0.39, 0.29) is 6.09 Å². The van der Waals surface area contributed by atoms with E-state index in [0.717, 1.165) is 11.1 Å². The summed E-state index contributed by atoms with van der Waals surface area (Å²) in [6.45, 7) is 6.31. The van der Waals surface area contributed by atoms with Gasteiger partial charge in [-0.15, -0.1) is 0 Å². The molecule has 7 heteroatoms. The fraction of sp³-hybridized carbons (Fsp3) is 0.533. The van der Waals surface area contributed by atoms with Crippen molar-refractivity contribution in [2.45, 2.75) is 39.3 Å². The Bertz CT molecular complexity index is 725. The van der Waals surface area contributed by atoms with Gasteiger partial charge in [0.05, 0.1) is 12.1 Å². The molecule has 118 valence electrons. The summed E-state index contributed by atoms with van der Waals surface area (Å²) in [4.78, 5) is 13.8. The summed E-state index contributed by atoms with van der Waals surface area (Å²) in [5, 5.41) is 9.34. The van der Waals surface area contributed by atoms with Crippen molar-refractivity contribution < 1.29 is 9.53 Å². The maximum Gasteiger partial charge on any atom is 0.410 e. The quantitative estimate of drug-likeness (QED) is 0.742. The van der Waals surface area contributed by atoms with Crippen molar-refractivity contribution in [2.24, 2.45) is 7.05 Å². The van der Waals surface area contributed by atoms with Crippen molar-refractivity contribution in [1.29, 1.82) is 5.26 Å². The number of fused-ring (bicyclic) bond motifs is 1. The van der Waals surface area contributed by atoms with Crippen LogP contribution in [0.1, 0.15) is 37.5 Å². The van der Waals surface area contributed by atoms with Crippen molar-refractivity contribution >= 4 is 24.1 Å². The van der Waals surface area contributed by atoms with Crippen LogP contribution >= 0.6 is 12.2 Å². The third-order valence-corrected chi connectivity index (χ3v) is 4.11. The number of hydrogen-bond donors (Lipinski definition) is 1. The number of nitrogens with two attached hydrogens (primary N) is 1. The lowest BCUT2D eigenvalue weighted by Gasteiger charge is -2.32. The summed E-state index contributed by atoms with van der Waals surface area (Å²) < 4.78 is 7.57.